The third-order valence-corrected chi connectivity index (χ3v) is 2.05. The van der Waals surface area contributed by atoms with Crippen LogP contribution in [-0.2, 0) is 13.0 Å². The van der Waals surface area contributed by atoms with Crippen LogP contribution in [0.4, 0.5) is 0 Å². The number of fused-ring (bicyclic) bond motifs is 1. The molecule has 0 amide bonds. The Morgan fingerprint density at radius 3 is 3.18 bits per heavy atom. The summed E-state index contributed by atoms with van der Waals surface area (Å²) in [6.45, 7) is 1.02. The van der Waals surface area contributed by atoms with Crippen LogP contribution in [0.3, 0.4) is 0 Å². The second kappa shape index (κ2) is 2.49. The highest BCUT2D eigenvalue weighted by Crippen LogP contribution is 2.13. The van der Waals surface area contributed by atoms with Crippen LogP contribution in [0.25, 0.3) is 0 Å². The minimum absolute atomic E-state index is 0.571. The van der Waals surface area contributed by atoms with Crippen molar-refractivity contribution < 1.29 is 4.79 Å². The number of carbonyl (C=O) groups excluding carboxylic acids is 1. The predicted octanol–water partition coefficient (Wildman–Crippen LogP) is 1.03. The Morgan fingerprint density at radius 1 is 1.55 bits per heavy atom. The molecule has 3 nitrogen and oxygen atoms in total. The number of nitrogens with zero attached hydrogens (tertiary/aromatic N) is 2. The first-order valence-corrected chi connectivity index (χ1v) is 3.91. The summed E-state index contributed by atoms with van der Waals surface area (Å²) < 4.78 is 2.08. The molecular formula is C8H10N2O. The number of aryl methyl sites for hydroxylation is 2. The topological polar surface area (TPSA) is 34.9 Å². The molecule has 0 bridgehead atoms. The van der Waals surface area contributed by atoms with Crippen LogP contribution in [0.15, 0.2) is 6.20 Å². The van der Waals surface area contributed by atoms with Gasteiger partial charge in [-0.2, -0.15) is 0 Å². The van der Waals surface area contributed by atoms with E-state index in [1.165, 1.54) is 12.8 Å². The maximum atomic E-state index is 10.3. The van der Waals surface area contributed by atoms with Gasteiger partial charge in [0.15, 0.2) is 6.29 Å². The first kappa shape index (κ1) is 6.58. The zero-order valence-electron chi connectivity index (χ0n) is 6.29. The fourth-order valence-electron chi connectivity index (χ4n) is 1.49. The molecule has 1 aromatic rings. The molecule has 58 valence electrons. The highest BCUT2D eigenvalue weighted by atomic mass is 16.1. The van der Waals surface area contributed by atoms with Gasteiger partial charge >= 0.3 is 0 Å². The molecule has 2 rings (SSSR count). The van der Waals surface area contributed by atoms with E-state index < -0.39 is 0 Å². The van der Waals surface area contributed by atoms with Crippen molar-refractivity contribution in [3.63, 3.8) is 0 Å². The Kier molecular flexibility index (Phi) is 1.49. The van der Waals surface area contributed by atoms with E-state index in [1.807, 2.05) is 6.20 Å². The Hall–Kier alpha value is -1.12. The van der Waals surface area contributed by atoms with Gasteiger partial charge in [0, 0.05) is 19.2 Å². The molecule has 1 aliphatic rings. The largest absolute Gasteiger partial charge is 0.334 e. The normalized spacial score (nSPS) is 16.0. The lowest BCUT2D eigenvalue weighted by molar-refractivity contribution is 0.111. The second-order valence-electron chi connectivity index (χ2n) is 2.85. The van der Waals surface area contributed by atoms with Crippen LogP contribution >= 0.6 is 0 Å². The number of hydrogen-bond acceptors (Lipinski definition) is 2. The quantitative estimate of drug-likeness (QED) is 0.560. The minimum Gasteiger partial charge on any atom is -0.334 e. The van der Waals surface area contributed by atoms with Crippen molar-refractivity contribution in [2.75, 3.05) is 0 Å². The zero-order chi connectivity index (χ0) is 7.68. The SMILES string of the molecule is O=Cc1cn2c(n1)CCCC2. The van der Waals surface area contributed by atoms with Crippen LogP contribution in [-0.4, -0.2) is 15.8 Å². The molecule has 0 atom stereocenters. The molecule has 0 spiro atoms. The van der Waals surface area contributed by atoms with Gasteiger partial charge in [-0.25, -0.2) is 4.98 Å². The first-order chi connectivity index (χ1) is 5.40. The van der Waals surface area contributed by atoms with Crippen LogP contribution in [0.2, 0.25) is 0 Å². The fraction of sp³-hybridized carbons (Fsp3) is 0.500. The van der Waals surface area contributed by atoms with Gasteiger partial charge in [0.2, 0.25) is 0 Å². The highest BCUT2D eigenvalue weighted by Gasteiger charge is 2.10. The van der Waals surface area contributed by atoms with Crippen molar-refractivity contribution in [3.8, 4) is 0 Å². The fourth-order valence-corrected chi connectivity index (χ4v) is 1.49. The molecule has 1 aliphatic heterocycles. The summed E-state index contributed by atoms with van der Waals surface area (Å²) >= 11 is 0. The standard InChI is InChI=1S/C8H10N2O/c11-6-7-5-10-4-2-1-3-8(10)9-7/h5-6H,1-4H2. The van der Waals surface area contributed by atoms with Gasteiger partial charge < -0.3 is 4.57 Å². The highest BCUT2D eigenvalue weighted by molar-refractivity contribution is 5.71. The minimum atomic E-state index is 0.571. The van der Waals surface area contributed by atoms with Gasteiger partial charge in [0.1, 0.15) is 11.5 Å². The summed E-state index contributed by atoms with van der Waals surface area (Å²) in [7, 11) is 0. The molecule has 0 fully saturated rings. The van der Waals surface area contributed by atoms with Gasteiger partial charge in [0.05, 0.1) is 0 Å². The van der Waals surface area contributed by atoms with Crippen molar-refractivity contribution in [2.24, 2.45) is 0 Å². The van der Waals surface area contributed by atoms with E-state index in [1.54, 1.807) is 0 Å². The first-order valence-electron chi connectivity index (χ1n) is 3.91. The Labute approximate surface area is 65.1 Å². The van der Waals surface area contributed by atoms with Gasteiger partial charge in [-0.3, -0.25) is 4.79 Å². The van der Waals surface area contributed by atoms with Gasteiger partial charge in [-0.05, 0) is 12.8 Å². The molecule has 0 aromatic carbocycles. The molecule has 0 saturated carbocycles. The maximum absolute atomic E-state index is 10.3. The van der Waals surface area contributed by atoms with E-state index in [9.17, 15) is 4.79 Å². The van der Waals surface area contributed by atoms with E-state index >= 15 is 0 Å². The molecule has 11 heavy (non-hydrogen) atoms. The van der Waals surface area contributed by atoms with Crippen LogP contribution in [0.5, 0.6) is 0 Å². The van der Waals surface area contributed by atoms with Crippen molar-refractivity contribution in [2.45, 2.75) is 25.8 Å². The van der Waals surface area contributed by atoms with E-state index in [4.69, 9.17) is 0 Å². The molecule has 0 aliphatic carbocycles. The van der Waals surface area contributed by atoms with Crippen molar-refractivity contribution in [1.29, 1.82) is 0 Å². The summed E-state index contributed by atoms with van der Waals surface area (Å²) in [6.07, 6.45) is 6.08. The van der Waals surface area contributed by atoms with Crippen molar-refractivity contribution >= 4 is 6.29 Å². The van der Waals surface area contributed by atoms with Crippen LogP contribution in [0, 0.1) is 0 Å². The molecule has 3 heteroatoms. The van der Waals surface area contributed by atoms with Gasteiger partial charge in [-0.1, -0.05) is 0 Å². The third kappa shape index (κ3) is 1.06. The maximum Gasteiger partial charge on any atom is 0.170 e. The van der Waals surface area contributed by atoms with Gasteiger partial charge in [-0.15, -0.1) is 0 Å². The van der Waals surface area contributed by atoms with E-state index in [0.717, 1.165) is 25.1 Å². The van der Waals surface area contributed by atoms with E-state index in [0.29, 0.717) is 5.69 Å². The lowest BCUT2D eigenvalue weighted by Crippen LogP contribution is -2.08. The summed E-state index contributed by atoms with van der Waals surface area (Å²) in [6, 6.07) is 0. The molecule has 0 unspecified atom stereocenters. The van der Waals surface area contributed by atoms with E-state index in [2.05, 4.69) is 9.55 Å². The summed E-state index contributed by atoms with van der Waals surface area (Å²) in [5.41, 5.74) is 0.571. The predicted molar refractivity (Wildman–Crippen MR) is 40.6 cm³/mol. The molecular weight excluding hydrogens is 140 g/mol. The molecule has 2 heterocycles. The Balaban J connectivity index is 2.39. The Bertz CT molecular complexity index is 254. The number of aldehydes is 1. The van der Waals surface area contributed by atoms with Crippen molar-refractivity contribution in [3.05, 3.63) is 17.7 Å². The smallest absolute Gasteiger partial charge is 0.170 e. The van der Waals surface area contributed by atoms with Crippen molar-refractivity contribution in [1.82, 2.24) is 9.55 Å². The average Bonchev–Trinajstić information content (AvgIpc) is 2.46. The number of rotatable bonds is 1. The summed E-state index contributed by atoms with van der Waals surface area (Å²) in [5.74, 6) is 1.07. The van der Waals surface area contributed by atoms with Gasteiger partial charge in [0.25, 0.3) is 0 Å². The van der Waals surface area contributed by atoms with Crippen LogP contribution < -0.4 is 0 Å². The zero-order valence-corrected chi connectivity index (χ0v) is 6.29. The lowest BCUT2D eigenvalue weighted by atomic mass is 10.2. The second-order valence-corrected chi connectivity index (χ2v) is 2.85. The number of hydrogen-bond donors (Lipinski definition) is 0. The molecule has 0 saturated heterocycles. The molecule has 0 radical (unpaired) electrons. The van der Waals surface area contributed by atoms with E-state index in [-0.39, 0.29) is 0 Å². The third-order valence-electron chi connectivity index (χ3n) is 2.05. The van der Waals surface area contributed by atoms with Crippen LogP contribution in [0.1, 0.15) is 29.2 Å². The number of imidazole rings is 1. The summed E-state index contributed by atoms with van der Waals surface area (Å²) in [4.78, 5) is 14.5. The number of carbonyl (C=O) groups is 1. The Morgan fingerprint density at radius 2 is 2.45 bits per heavy atom. The average molecular weight is 150 g/mol. The number of aromatic nitrogens is 2. The monoisotopic (exact) mass is 150 g/mol. The molecule has 0 N–H and O–H groups in total. The lowest BCUT2D eigenvalue weighted by Gasteiger charge is -2.11. The summed E-state index contributed by atoms with van der Waals surface area (Å²) in [5, 5.41) is 0. The molecule has 1 aromatic heterocycles.